The SMILES string of the molecule is COC(=O)c1sccc1NC(=O)c1cc(N)ccc1OC. The van der Waals surface area contributed by atoms with Crippen molar-refractivity contribution in [3.63, 3.8) is 0 Å². The molecule has 1 amide bonds. The molecular weight excluding hydrogens is 292 g/mol. The summed E-state index contributed by atoms with van der Waals surface area (Å²) >= 11 is 1.19. The minimum absolute atomic E-state index is 0.291. The van der Waals surface area contributed by atoms with Crippen LogP contribution in [0.4, 0.5) is 11.4 Å². The van der Waals surface area contributed by atoms with Gasteiger partial charge in [-0.25, -0.2) is 4.79 Å². The molecular formula is C14H14N2O4S. The van der Waals surface area contributed by atoms with Crippen molar-refractivity contribution >= 4 is 34.6 Å². The summed E-state index contributed by atoms with van der Waals surface area (Å²) in [6.07, 6.45) is 0. The Labute approximate surface area is 125 Å². The number of esters is 1. The van der Waals surface area contributed by atoms with Crippen molar-refractivity contribution in [2.45, 2.75) is 0 Å². The summed E-state index contributed by atoms with van der Waals surface area (Å²) in [5.41, 5.74) is 6.81. The van der Waals surface area contributed by atoms with Crippen LogP contribution in [0.3, 0.4) is 0 Å². The number of hydrogen-bond acceptors (Lipinski definition) is 6. The van der Waals surface area contributed by atoms with E-state index in [1.54, 1.807) is 23.6 Å². The molecule has 2 aromatic rings. The molecule has 0 bridgehead atoms. The highest BCUT2D eigenvalue weighted by molar-refractivity contribution is 7.12. The number of nitrogens with two attached hydrogens (primary N) is 1. The maximum Gasteiger partial charge on any atom is 0.350 e. The van der Waals surface area contributed by atoms with Crippen molar-refractivity contribution in [2.75, 3.05) is 25.3 Å². The Kier molecular flexibility index (Phi) is 4.44. The van der Waals surface area contributed by atoms with Crippen LogP contribution >= 0.6 is 11.3 Å². The van der Waals surface area contributed by atoms with Crippen LogP contribution in [0.2, 0.25) is 0 Å². The Morgan fingerprint density at radius 3 is 2.67 bits per heavy atom. The minimum atomic E-state index is -0.500. The van der Waals surface area contributed by atoms with Crippen LogP contribution in [-0.4, -0.2) is 26.1 Å². The molecule has 0 aliphatic carbocycles. The Morgan fingerprint density at radius 1 is 1.24 bits per heavy atom. The number of nitrogen functional groups attached to an aromatic ring is 1. The average molecular weight is 306 g/mol. The highest BCUT2D eigenvalue weighted by atomic mass is 32.1. The lowest BCUT2D eigenvalue weighted by molar-refractivity contribution is 0.0607. The molecule has 2 rings (SSSR count). The fourth-order valence-electron chi connectivity index (χ4n) is 1.75. The van der Waals surface area contributed by atoms with Crippen molar-refractivity contribution in [3.05, 3.63) is 40.1 Å². The van der Waals surface area contributed by atoms with Gasteiger partial charge < -0.3 is 20.5 Å². The fraction of sp³-hybridized carbons (Fsp3) is 0.143. The number of hydrogen-bond donors (Lipinski definition) is 2. The molecule has 0 aliphatic rings. The molecule has 0 fully saturated rings. The van der Waals surface area contributed by atoms with Crippen LogP contribution in [0.5, 0.6) is 5.75 Å². The number of amides is 1. The number of methoxy groups -OCH3 is 2. The third-order valence-electron chi connectivity index (χ3n) is 2.75. The molecule has 0 aliphatic heterocycles. The molecule has 1 aromatic carbocycles. The molecule has 0 saturated carbocycles. The van der Waals surface area contributed by atoms with Crippen molar-refractivity contribution in [3.8, 4) is 5.75 Å². The third kappa shape index (κ3) is 3.14. The summed E-state index contributed by atoms with van der Waals surface area (Å²) in [6, 6.07) is 6.39. The summed E-state index contributed by atoms with van der Waals surface area (Å²) in [4.78, 5) is 24.2. The van der Waals surface area contributed by atoms with E-state index in [0.29, 0.717) is 27.6 Å². The first kappa shape index (κ1) is 14.9. The van der Waals surface area contributed by atoms with Crippen molar-refractivity contribution in [1.29, 1.82) is 0 Å². The molecule has 0 atom stereocenters. The summed E-state index contributed by atoms with van der Waals surface area (Å²) < 4.78 is 9.80. The molecule has 3 N–H and O–H groups in total. The third-order valence-corrected chi connectivity index (χ3v) is 3.65. The van der Waals surface area contributed by atoms with Crippen LogP contribution < -0.4 is 15.8 Å². The molecule has 0 spiro atoms. The highest BCUT2D eigenvalue weighted by Crippen LogP contribution is 2.26. The predicted octanol–water partition coefficient (Wildman–Crippen LogP) is 2.38. The topological polar surface area (TPSA) is 90.7 Å². The van der Waals surface area contributed by atoms with E-state index < -0.39 is 11.9 Å². The van der Waals surface area contributed by atoms with Gasteiger partial charge in [-0.2, -0.15) is 0 Å². The Bertz CT molecular complexity index is 681. The number of nitrogens with one attached hydrogen (secondary N) is 1. The van der Waals surface area contributed by atoms with E-state index in [4.69, 9.17) is 10.5 Å². The smallest absolute Gasteiger partial charge is 0.350 e. The van der Waals surface area contributed by atoms with E-state index in [0.717, 1.165) is 0 Å². The first-order chi connectivity index (χ1) is 10.1. The molecule has 0 saturated heterocycles. The summed E-state index contributed by atoms with van der Waals surface area (Å²) in [5.74, 6) is -0.515. The largest absolute Gasteiger partial charge is 0.496 e. The zero-order valence-electron chi connectivity index (χ0n) is 11.5. The fourth-order valence-corrected chi connectivity index (χ4v) is 2.52. The summed E-state index contributed by atoms with van der Waals surface area (Å²) in [5, 5.41) is 4.35. The van der Waals surface area contributed by atoms with Gasteiger partial charge in [-0.1, -0.05) is 0 Å². The number of anilines is 2. The first-order valence-electron chi connectivity index (χ1n) is 5.97. The molecule has 110 valence electrons. The normalized spacial score (nSPS) is 10.0. The molecule has 0 unspecified atom stereocenters. The highest BCUT2D eigenvalue weighted by Gasteiger charge is 2.18. The van der Waals surface area contributed by atoms with Gasteiger partial charge >= 0.3 is 5.97 Å². The number of carbonyl (C=O) groups is 2. The Hall–Kier alpha value is -2.54. The van der Waals surface area contributed by atoms with E-state index in [2.05, 4.69) is 10.1 Å². The monoisotopic (exact) mass is 306 g/mol. The maximum atomic E-state index is 12.3. The van der Waals surface area contributed by atoms with Gasteiger partial charge in [-0.05, 0) is 29.6 Å². The lowest BCUT2D eigenvalue weighted by Gasteiger charge is -2.10. The lowest BCUT2D eigenvalue weighted by Crippen LogP contribution is -2.15. The van der Waals surface area contributed by atoms with E-state index in [1.807, 2.05) is 0 Å². The zero-order valence-corrected chi connectivity index (χ0v) is 12.3. The van der Waals surface area contributed by atoms with Crippen LogP contribution in [0.1, 0.15) is 20.0 Å². The molecule has 1 heterocycles. The van der Waals surface area contributed by atoms with Gasteiger partial charge in [0.25, 0.3) is 5.91 Å². The lowest BCUT2D eigenvalue weighted by atomic mass is 10.1. The van der Waals surface area contributed by atoms with Gasteiger partial charge in [0.15, 0.2) is 0 Å². The standard InChI is InChI=1S/C14H14N2O4S/c1-19-11-4-3-8(15)7-9(11)13(17)16-10-5-6-21-12(10)14(18)20-2/h3-7H,15H2,1-2H3,(H,16,17). The number of carbonyl (C=O) groups excluding carboxylic acids is 2. The minimum Gasteiger partial charge on any atom is -0.496 e. The van der Waals surface area contributed by atoms with Crippen LogP contribution in [0, 0.1) is 0 Å². The maximum absolute atomic E-state index is 12.3. The van der Waals surface area contributed by atoms with Crippen LogP contribution in [0.25, 0.3) is 0 Å². The molecule has 0 radical (unpaired) electrons. The van der Waals surface area contributed by atoms with Gasteiger partial charge in [0.2, 0.25) is 0 Å². The quantitative estimate of drug-likeness (QED) is 0.668. The number of rotatable bonds is 4. The number of benzene rings is 1. The van der Waals surface area contributed by atoms with Gasteiger partial charge in [0.05, 0.1) is 25.5 Å². The number of thiophene rings is 1. The Balaban J connectivity index is 2.29. The second-order valence-corrected chi connectivity index (χ2v) is 4.98. The van der Waals surface area contributed by atoms with Gasteiger partial charge in [-0.15, -0.1) is 11.3 Å². The summed E-state index contributed by atoms with van der Waals surface area (Å²) in [7, 11) is 2.75. The zero-order chi connectivity index (χ0) is 15.4. The summed E-state index contributed by atoms with van der Waals surface area (Å²) in [6.45, 7) is 0. The average Bonchev–Trinajstić information content (AvgIpc) is 2.94. The van der Waals surface area contributed by atoms with Crippen molar-refractivity contribution in [1.82, 2.24) is 0 Å². The van der Waals surface area contributed by atoms with Crippen molar-refractivity contribution in [2.24, 2.45) is 0 Å². The van der Waals surface area contributed by atoms with E-state index >= 15 is 0 Å². The van der Waals surface area contributed by atoms with Gasteiger partial charge in [0, 0.05) is 5.69 Å². The van der Waals surface area contributed by atoms with E-state index in [1.165, 1.54) is 31.6 Å². The van der Waals surface area contributed by atoms with Gasteiger partial charge in [-0.3, -0.25) is 4.79 Å². The molecule has 7 heteroatoms. The van der Waals surface area contributed by atoms with E-state index in [9.17, 15) is 9.59 Å². The van der Waals surface area contributed by atoms with E-state index in [-0.39, 0.29) is 0 Å². The van der Waals surface area contributed by atoms with Crippen LogP contribution in [-0.2, 0) is 4.74 Å². The van der Waals surface area contributed by atoms with Crippen LogP contribution in [0.15, 0.2) is 29.6 Å². The molecule has 6 nitrogen and oxygen atoms in total. The second-order valence-electron chi connectivity index (χ2n) is 4.07. The molecule has 21 heavy (non-hydrogen) atoms. The predicted molar refractivity (Wildman–Crippen MR) is 81.0 cm³/mol. The van der Waals surface area contributed by atoms with Gasteiger partial charge in [0.1, 0.15) is 10.6 Å². The van der Waals surface area contributed by atoms with Crippen molar-refractivity contribution < 1.29 is 19.1 Å². The molecule has 1 aromatic heterocycles. The number of ether oxygens (including phenoxy) is 2. The Morgan fingerprint density at radius 2 is 2.00 bits per heavy atom. The first-order valence-corrected chi connectivity index (χ1v) is 6.85. The second kappa shape index (κ2) is 6.27.